The molecule has 1 aliphatic heterocycles. The second-order valence-electron chi connectivity index (χ2n) is 4.28. The molecular formula is C13H18ClNO. The number of hydrogen-bond acceptors (Lipinski definition) is 2. The van der Waals surface area contributed by atoms with Crippen LogP contribution in [-0.2, 0) is 0 Å². The SMILES string of the molecule is Clc1ccccc1OCC[C@@H]1CCCNC1. The number of para-hydroxylation sites is 1. The lowest BCUT2D eigenvalue weighted by atomic mass is 9.97. The van der Waals surface area contributed by atoms with Crippen molar-refractivity contribution in [1.82, 2.24) is 5.32 Å². The molecule has 0 aromatic heterocycles. The number of nitrogens with one attached hydrogen (secondary N) is 1. The first-order chi connectivity index (χ1) is 7.86. The smallest absolute Gasteiger partial charge is 0.137 e. The maximum absolute atomic E-state index is 6.01. The van der Waals surface area contributed by atoms with Gasteiger partial charge in [0.2, 0.25) is 0 Å². The van der Waals surface area contributed by atoms with Crippen LogP contribution in [0.1, 0.15) is 19.3 Å². The molecule has 2 nitrogen and oxygen atoms in total. The molecule has 0 aliphatic carbocycles. The van der Waals surface area contributed by atoms with Crippen LogP contribution in [0, 0.1) is 5.92 Å². The van der Waals surface area contributed by atoms with E-state index in [0.29, 0.717) is 5.02 Å². The lowest BCUT2D eigenvalue weighted by Gasteiger charge is -2.22. The van der Waals surface area contributed by atoms with Crippen LogP contribution in [-0.4, -0.2) is 19.7 Å². The average molecular weight is 240 g/mol. The minimum absolute atomic E-state index is 0.698. The van der Waals surface area contributed by atoms with Crippen molar-refractivity contribution in [3.8, 4) is 5.75 Å². The van der Waals surface area contributed by atoms with Gasteiger partial charge >= 0.3 is 0 Å². The highest BCUT2D eigenvalue weighted by molar-refractivity contribution is 6.32. The molecule has 2 rings (SSSR count). The van der Waals surface area contributed by atoms with E-state index < -0.39 is 0 Å². The Kier molecular flexibility index (Phi) is 4.49. The van der Waals surface area contributed by atoms with E-state index in [0.717, 1.165) is 31.2 Å². The zero-order valence-electron chi connectivity index (χ0n) is 9.42. The van der Waals surface area contributed by atoms with Crippen molar-refractivity contribution in [2.75, 3.05) is 19.7 Å². The molecule has 16 heavy (non-hydrogen) atoms. The molecule has 1 aliphatic rings. The summed E-state index contributed by atoms with van der Waals surface area (Å²) in [6.45, 7) is 3.06. The molecule has 3 heteroatoms. The van der Waals surface area contributed by atoms with Crippen molar-refractivity contribution >= 4 is 11.6 Å². The highest BCUT2D eigenvalue weighted by Gasteiger charge is 2.12. The van der Waals surface area contributed by atoms with E-state index >= 15 is 0 Å². The van der Waals surface area contributed by atoms with Crippen molar-refractivity contribution in [3.05, 3.63) is 29.3 Å². The van der Waals surface area contributed by atoms with Crippen LogP contribution in [0.2, 0.25) is 5.02 Å². The highest BCUT2D eigenvalue weighted by Crippen LogP contribution is 2.24. The molecule has 1 atom stereocenters. The molecular weight excluding hydrogens is 222 g/mol. The molecule has 1 aromatic rings. The second kappa shape index (κ2) is 6.12. The summed E-state index contributed by atoms with van der Waals surface area (Å²) in [5.74, 6) is 1.56. The first-order valence-corrected chi connectivity index (χ1v) is 6.32. The number of rotatable bonds is 4. The zero-order valence-corrected chi connectivity index (χ0v) is 10.2. The minimum atomic E-state index is 0.698. The Morgan fingerprint density at radius 3 is 3.00 bits per heavy atom. The molecule has 0 unspecified atom stereocenters. The maximum atomic E-state index is 6.01. The fraction of sp³-hybridized carbons (Fsp3) is 0.538. The quantitative estimate of drug-likeness (QED) is 0.872. The third kappa shape index (κ3) is 3.39. The van der Waals surface area contributed by atoms with Gasteiger partial charge in [-0.15, -0.1) is 0 Å². The normalized spacial score (nSPS) is 20.7. The summed E-state index contributed by atoms with van der Waals surface area (Å²) in [5, 5.41) is 4.11. The number of ether oxygens (including phenoxy) is 1. The largest absolute Gasteiger partial charge is 0.492 e. The predicted octanol–water partition coefficient (Wildman–Crippen LogP) is 3.11. The number of benzene rings is 1. The second-order valence-corrected chi connectivity index (χ2v) is 4.69. The van der Waals surface area contributed by atoms with Crippen LogP contribution in [0.15, 0.2) is 24.3 Å². The molecule has 1 fully saturated rings. The van der Waals surface area contributed by atoms with Gasteiger partial charge in [-0.1, -0.05) is 23.7 Å². The number of piperidine rings is 1. The molecule has 88 valence electrons. The van der Waals surface area contributed by atoms with Crippen molar-refractivity contribution in [3.63, 3.8) is 0 Å². The van der Waals surface area contributed by atoms with Gasteiger partial charge in [-0.25, -0.2) is 0 Å². The monoisotopic (exact) mass is 239 g/mol. The molecule has 0 saturated carbocycles. The third-order valence-corrected chi connectivity index (χ3v) is 3.33. The molecule has 0 spiro atoms. The molecule has 1 saturated heterocycles. The van der Waals surface area contributed by atoms with Crippen molar-refractivity contribution < 1.29 is 4.74 Å². The third-order valence-electron chi connectivity index (χ3n) is 3.02. The van der Waals surface area contributed by atoms with E-state index in [4.69, 9.17) is 16.3 Å². The number of hydrogen-bond donors (Lipinski definition) is 1. The summed E-state index contributed by atoms with van der Waals surface area (Å²) in [6, 6.07) is 7.64. The summed E-state index contributed by atoms with van der Waals surface area (Å²) in [6.07, 6.45) is 3.72. The Balaban J connectivity index is 1.73. The molecule has 0 amide bonds. The van der Waals surface area contributed by atoms with Gasteiger partial charge in [-0.2, -0.15) is 0 Å². The first kappa shape index (κ1) is 11.7. The van der Waals surface area contributed by atoms with E-state index in [-0.39, 0.29) is 0 Å². The summed E-state index contributed by atoms with van der Waals surface area (Å²) in [4.78, 5) is 0. The minimum Gasteiger partial charge on any atom is -0.492 e. The van der Waals surface area contributed by atoms with Crippen LogP contribution >= 0.6 is 11.6 Å². The van der Waals surface area contributed by atoms with Crippen LogP contribution in [0.3, 0.4) is 0 Å². The topological polar surface area (TPSA) is 21.3 Å². The van der Waals surface area contributed by atoms with Gasteiger partial charge < -0.3 is 10.1 Å². The van der Waals surface area contributed by atoms with Gasteiger partial charge in [0.05, 0.1) is 11.6 Å². The molecule has 1 N–H and O–H groups in total. The van der Waals surface area contributed by atoms with Gasteiger partial charge in [0.15, 0.2) is 0 Å². The van der Waals surface area contributed by atoms with Gasteiger partial charge in [-0.3, -0.25) is 0 Å². The highest BCUT2D eigenvalue weighted by atomic mass is 35.5. The maximum Gasteiger partial charge on any atom is 0.137 e. The molecule has 1 heterocycles. The van der Waals surface area contributed by atoms with Crippen molar-refractivity contribution in [1.29, 1.82) is 0 Å². The summed E-state index contributed by atoms with van der Waals surface area (Å²) >= 11 is 6.01. The molecule has 0 bridgehead atoms. The Bertz CT molecular complexity index is 323. The van der Waals surface area contributed by atoms with Crippen LogP contribution in [0.4, 0.5) is 0 Å². The van der Waals surface area contributed by atoms with Gasteiger partial charge in [-0.05, 0) is 50.4 Å². The van der Waals surface area contributed by atoms with E-state index in [2.05, 4.69) is 5.32 Å². The lowest BCUT2D eigenvalue weighted by molar-refractivity contribution is 0.254. The summed E-state index contributed by atoms with van der Waals surface area (Å²) in [7, 11) is 0. The lowest BCUT2D eigenvalue weighted by Crippen LogP contribution is -2.30. The van der Waals surface area contributed by atoms with E-state index in [1.165, 1.54) is 19.4 Å². The standard InChI is InChI=1S/C13H18ClNO/c14-12-5-1-2-6-13(12)16-9-7-11-4-3-8-15-10-11/h1-2,5-6,11,15H,3-4,7-10H2/t11-/m0/s1. The van der Waals surface area contributed by atoms with Gasteiger partial charge in [0, 0.05) is 0 Å². The Labute approximate surface area is 102 Å². The fourth-order valence-electron chi connectivity index (χ4n) is 2.07. The Morgan fingerprint density at radius 1 is 1.38 bits per heavy atom. The molecule has 0 radical (unpaired) electrons. The van der Waals surface area contributed by atoms with Crippen LogP contribution in [0.5, 0.6) is 5.75 Å². The fourth-order valence-corrected chi connectivity index (χ4v) is 2.26. The van der Waals surface area contributed by atoms with Gasteiger partial charge in [0.1, 0.15) is 5.75 Å². The first-order valence-electron chi connectivity index (χ1n) is 5.94. The van der Waals surface area contributed by atoms with Crippen LogP contribution < -0.4 is 10.1 Å². The molecule has 1 aromatic carbocycles. The Hall–Kier alpha value is -0.730. The number of halogens is 1. The van der Waals surface area contributed by atoms with E-state index in [1.54, 1.807) is 0 Å². The Morgan fingerprint density at radius 2 is 2.25 bits per heavy atom. The van der Waals surface area contributed by atoms with Gasteiger partial charge in [0.25, 0.3) is 0 Å². The van der Waals surface area contributed by atoms with Crippen molar-refractivity contribution in [2.45, 2.75) is 19.3 Å². The van der Waals surface area contributed by atoms with E-state index in [9.17, 15) is 0 Å². The van der Waals surface area contributed by atoms with E-state index in [1.807, 2.05) is 24.3 Å². The predicted molar refractivity (Wildman–Crippen MR) is 67.2 cm³/mol. The average Bonchev–Trinajstić information content (AvgIpc) is 2.33. The van der Waals surface area contributed by atoms with Crippen molar-refractivity contribution in [2.24, 2.45) is 5.92 Å². The zero-order chi connectivity index (χ0) is 11.2. The summed E-state index contributed by atoms with van der Waals surface area (Å²) in [5.41, 5.74) is 0. The van der Waals surface area contributed by atoms with Crippen LogP contribution in [0.25, 0.3) is 0 Å². The summed E-state index contributed by atoms with van der Waals surface area (Å²) < 4.78 is 5.68.